The van der Waals surface area contributed by atoms with Crippen LogP contribution in [0.4, 0.5) is 4.39 Å². The van der Waals surface area contributed by atoms with E-state index in [9.17, 15) is 29.5 Å². The third-order valence-corrected chi connectivity index (χ3v) is 7.08. The second-order valence-corrected chi connectivity index (χ2v) is 10.7. The second kappa shape index (κ2) is 16.3. The number of aliphatic carboxylic acids is 1. The smallest absolute Gasteiger partial charge is 1.00 e. The van der Waals surface area contributed by atoms with E-state index >= 15 is 0 Å². The van der Waals surface area contributed by atoms with E-state index in [0.717, 1.165) is 11.1 Å². The summed E-state index contributed by atoms with van der Waals surface area (Å²) in [5.41, 5.74) is 4.77. The van der Waals surface area contributed by atoms with E-state index in [4.69, 9.17) is 5.11 Å². The maximum Gasteiger partial charge on any atom is 1.00 e. The van der Waals surface area contributed by atoms with Gasteiger partial charge in [-0.1, -0.05) is 60.7 Å². The number of rotatable bonds is 12. The number of aliphatic hydroxyl groups is 2. The molecule has 228 valence electrons. The minimum absolute atomic E-state index is 0. The predicted molar refractivity (Wildman–Crippen MR) is 167 cm³/mol. The first-order chi connectivity index (χ1) is 21.1. The SMILES string of the molecule is CC(C)n1c(C=C[C@@H](O)C[C@@H](O)CC(=O)O)c(-c2ccc(F)cc2)c(-c2ccccc2)c1C(=O)NCc1cccc(C#N)c1.[H-].[Na+]. The number of carbonyl (C=O) groups is 2. The number of nitrogens with zero attached hydrogens (tertiary/aromatic N) is 2. The van der Waals surface area contributed by atoms with Crippen LogP contribution < -0.4 is 34.9 Å². The standard InChI is InChI=1S/C35H34FN3O5.Na.H/c1-22(2)39-30(16-15-28(40)18-29(41)19-31(42)43)32(26-11-13-27(36)14-12-26)33(25-9-4-3-5-10-25)34(39)35(44)38-21-24-8-6-7-23(17-24)20-37;;/h3-17,22,28-29,40-41H,18-19,21H2,1-2H3,(H,38,44)(H,42,43);;/q;+1;-1/t28-,29-;;/m1../s1. The van der Waals surface area contributed by atoms with Crippen molar-refractivity contribution in [3.05, 3.63) is 113 Å². The molecule has 0 radical (unpaired) electrons. The molecule has 45 heavy (non-hydrogen) atoms. The van der Waals surface area contributed by atoms with Crippen LogP contribution in [-0.2, 0) is 11.3 Å². The van der Waals surface area contributed by atoms with Crippen molar-refractivity contribution in [3.8, 4) is 28.3 Å². The van der Waals surface area contributed by atoms with E-state index in [1.54, 1.807) is 36.4 Å². The molecule has 0 aliphatic heterocycles. The number of amides is 1. The van der Waals surface area contributed by atoms with Crippen molar-refractivity contribution in [2.45, 2.75) is 51.5 Å². The third-order valence-electron chi connectivity index (χ3n) is 7.08. The van der Waals surface area contributed by atoms with Crippen molar-refractivity contribution in [3.63, 3.8) is 0 Å². The Morgan fingerprint density at radius 2 is 1.67 bits per heavy atom. The van der Waals surface area contributed by atoms with Gasteiger partial charge >= 0.3 is 35.5 Å². The zero-order chi connectivity index (χ0) is 31.8. The Labute approximate surface area is 285 Å². The Hall–Kier alpha value is -4.04. The maximum atomic E-state index is 14.1. The molecule has 0 saturated heterocycles. The minimum atomic E-state index is -1.25. The molecule has 0 spiro atoms. The van der Waals surface area contributed by atoms with Gasteiger partial charge < -0.3 is 26.6 Å². The Morgan fingerprint density at radius 3 is 2.29 bits per heavy atom. The Morgan fingerprint density at radius 1 is 1.00 bits per heavy atom. The minimum Gasteiger partial charge on any atom is -1.00 e. The van der Waals surface area contributed by atoms with Crippen molar-refractivity contribution in [1.29, 1.82) is 5.26 Å². The number of benzene rings is 3. The Balaban J connectivity index is 0.00000368. The van der Waals surface area contributed by atoms with Gasteiger partial charge in [-0.3, -0.25) is 9.59 Å². The van der Waals surface area contributed by atoms with Crippen LogP contribution in [0.15, 0.2) is 84.9 Å². The summed E-state index contributed by atoms with van der Waals surface area (Å²) in [6, 6.07) is 24.1. The van der Waals surface area contributed by atoms with Crippen LogP contribution in [-0.4, -0.2) is 44.0 Å². The van der Waals surface area contributed by atoms with Crippen LogP contribution >= 0.6 is 0 Å². The molecule has 2 atom stereocenters. The van der Waals surface area contributed by atoms with Crippen LogP contribution in [0, 0.1) is 17.1 Å². The fraction of sp³-hybridized carbons (Fsp3) is 0.229. The molecule has 10 heteroatoms. The van der Waals surface area contributed by atoms with Crippen LogP contribution in [0.1, 0.15) is 61.5 Å². The summed E-state index contributed by atoms with van der Waals surface area (Å²) < 4.78 is 15.9. The Bertz CT molecular complexity index is 1700. The molecule has 4 N–H and O–H groups in total. The summed E-state index contributed by atoms with van der Waals surface area (Å²) in [6.07, 6.45) is -0.0230. The van der Waals surface area contributed by atoms with Gasteiger partial charge in [-0.15, -0.1) is 0 Å². The Kier molecular flexibility index (Phi) is 12.9. The van der Waals surface area contributed by atoms with Crippen LogP contribution in [0.2, 0.25) is 0 Å². The van der Waals surface area contributed by atoms with E-state index in [1.807, 2.05) is 54.8 Å². The predicted octanol–water partition coefficient (Wildman–Crippen LogP) is 3.06. The zero-order valence-electron chi connectivity index (χ0n) is 26.4. The first-order valence-electron chi connectivity index (χ1n) is 14.2. The molecule has 0 fully saturated rings. The quantitative estimate of drug-likeness (QED) is 0.180. The number of carboxylic acid groups (broad SMARTS) is 1. The fourth-order valence-corrected chi connectivity index (χ4v) is 5.19. The molecule has 1 aromatic heterocycles. The molecule has 4 rings (SSSR count). The molecular weight excluding hydrogens is 584 g/mol. The van der Waals surface area contributed by atoms with Gasteiger partial charge in [-0.2, -0.15) is 5.26 Å². The number of carbonyl (C=O) groups excluding carboxylic acids is 1. The molecule has 0 saturated carbocycles. The molecule has 1 amide bonds. The summed E-state index contributed by atoms with van der Waals surface area (Å²) in [6.45, 7) is 4.00. The van der Waals surface area contributed by atoms with E-state index in [0.29, 0.717) is 33.6 Å². The number of carboxylic acids is 1. The number of aromatic nitrogens is 1. The molecule has 8 nitrogen and oxygen atoms in total. The number of nitrogens with one attached hydrogen (secondary N) is 1. The summed E-state index contributed by atoms with van der Waals surface area (Å²) >= 11 is 0. The second-order valence-electron chi connectivity index (χ2n) is 10.7. The van der Waals surface area contributed by atoms with Gasteiger partial charge in [0.2, 0.25) is 0 Å². The van der Waals surface area contributed by atoms with Crippen LogP contribution in [0.5, 0.6) is 0 Å². The van der Waals surface area contributed by atoms with Crippen LogP contribution in [0.25, 0.3) is 28.3 Å². The van der Waals surface area contributed by atoms with Gasteiger partial charge in [0.05, 0.1) is 30.3 Å². The summed E-state index contributed by atoms with van der Waals surface area (Å²) in [5.74, 6) is -1.97. The van der Waals surface area contributed by atoms with Crippen LogP contribution in [0.3, 0.4) is 0 Å². The number of nitriles is 1. The normalized spacial score (nSPS) is 12.4. The zero-order valence-corrected chi connectivity index (χ0v) is 27.4. The molecule has 4 aromatic rings. The molecule has 0 unspecified atom stereocenters. The number of hydrogen-bond donors (Lipinski definition) is 4. The summed E-state index contributed by atoms with van der Waals surface area (Å²) in [4.78, 5) is 25.1. The molecular formula is C35H35FN3NaO5. The van der Waals surface area contributed by atoms with E-state index < -0.39 is 30.4 Å². The summed E-state index contributed by atoms with van der Waals surface area (Å²) in [5, 5.41) is 42.0. The first kappa shape index (κ1) is 35.4. The average molecular weight is 620 g/mol. The fourth-order valence-electron chi connectivity index (χ4n) is 5.19. The van der Waals surface area contributed by atoms with Crippen molar-refractivity contribution in [1.82, 2.24) is 9.88 Å². The molecule has 0 bridgehead atoms. The van der Waals surface area contributed by atoms with Gasteiger partial charge in [0.15, 0.2) is 0 Å². The van der Waals surface area contributed by atoms with E-state index in [-0.39, 0.29) is 55.9 Å². The largest absolute Gasteiger partial charge is 1.00 e. The third kappa shape index (κ3) is 9.01. The van der Waals surface area contributed by atoms with Crippen molar-refractivity contribution >= 4 is 18.0 Å². The number of halogens is 1. The molecule has 0 aliphatic rings. The monoisotopic (exact) mass is 619 g/mol. The van der Waals surface area contributed by atoms with Gasteiger partial charge in [0, 0.05) is 35.8 Å². The summed E-state index contributed by atoms with van der Waals surface area (Å²) in [7, 11) is 0. The van der Waals surface area contributed by atoms with E-state index in [2.05, 4.69) is 11.4 Å². The average Bonchev–Trinajstić information content (AvgIpc) is 3.35. The van der Waals surface area contributed by atoms with Crippen molar-refractivity contribution in [2.24, 2.45) is 0 Å². The van der Waals surface area contributed by atoms with Gasteiger partial charge in [-0.05, 0) is 60.9 Å². The first-order valence-corrected chi connectivity index (χ1v) is 14.2. The topological polar surface area (TPSA) is 136 Å². The molecule has 0 aliphatic carbocycles. The van der Waals surface area contributed by atoms with Gasteiger partial charge in [0.25, 0.3) is 5.91 Å². The van der Waals surface area contributed by atoms with Crippen molar-refractivity contribution in [2.75, 3.05) is 0 Å². The van der Waals surface area contributed by atoms with E-state index in [1.165, 1.54) is 18.2 Å². The molecule has 3 aromatic carbocycles. The molecule has 1 heterocycles. The maximum absolute atomic E-state index is 14.1. The number of aliphatic hydroxyl groups excluding tert-OH is 2. The van der Waals surface area contributed by atoms with Gasteiger partial charge in [-0.25, -0.2) is 4.39 Å². The van der Waals surface area contributed by atoms with Gasteiger partial charge in [0.1, 0.15) is 11.5 Å². The van der Waals surface area contributed by atoms with Crippen molar-refractivity contribution < 1.29 is 60.3 Å². The number of hydrogen-bond acceptors (Lipinski definition) is 5.